The summed E-state index contributed by atoms with van der Waals surface area (Å²) in [5.41, 5.74) is 5.47. The fourth-order valence-electron chi connectivity index (χ4n) is 5.36. The Kier molecular flexibility index (Phi) is 4.46. The van der Waals surface area contributed by atoms with Gasteiger partial charge in [-0.2, -0.15) is 20.1 Å². The van der Waals surface area contributed by atoms with Crippen molar-refractivity contribution in [2.45, 2.75) is 50.7 Å². The highest BCUT2D eigenvalue weighted by atomic mass is 15.4. The summed E-state index contributed by atoms with van der Waals surface area (Å²) in [6.07, 6.45) is 6.71. The zero-order valence-electron chi connectivity index (χ0n) is 18.6. The number of nitrogens with zero attached hydrogens (tertiary/aromatic N) is 7. The van der Waals surface area contributed by atoms with Crippen LogP contribution in [0.25, 0.3) is 33.4 Å². The van der Waals surface area contributed by atoms with Crippen LogP contribution in [0.3, 0.4) is 0 Å². The van der Waals surface area contributed by atoms with Gasteiger partial charge in [0.15, 0.2) is 5.82 Å². The summed E-state index contributed by atoms with van der Waals surface area (Å²) in [5.74, 6) is 0.922. The summed E-state index contributed by atoms with van der Waals surface area (Å²) in [6, 6.07) is 10.1. The molecule has 4 aromatic rings. The van der Waals surface area contributed by atoms with E-state index in [9.17, 15) is 0 Å². The van der Waals surface area contributed by atoms with E-state index in [1.807, 2.05) is 20.0 Å². The standard InChI is InChI=1S/C23H27N9/c1-13-22-17(20-12-24-32(3)30-20)6-7-18(23(22)29-26-13)19-8-9-21(28-27-19)31(2)16-10-14-4-5-15(11-16)25-14/h6-9,12,14-16,25H,4-5,10-11H2,1-3H3,(H,26,29). The molecule has 9 nitrogen and oxygen atoms in total. The molecule has 9 heteroatoms. The van der Waals surface area contributed by atoms with Gasteiger partial charge in [0, 0.05) is 54.4 Å². The third kappa shape index (κ3) is 3.15. The first-order chi connectivity index (χ1) is 15.6. The van der Waals surface area contributed by atoms with E-state index >= 15 is 0 Å². The molecule has 1 aromatic carbocycles. The van der Waals surface area contributed by atoms with Crippen LogP contribution < -0.4 is 10.2 Å². The first-order valence-corrected chi connectivity index (χ1v) is 11.2. The summed E-state index contributed by atoms with van der Waals surface area (Å²) in [4.78, 5) is 3.87. The van der Waals surface area contributed by atoms with E-state index in [1.54, 1.807) is 11.0 Å². The zero-order chi connectivity index (χ0) is 21.8. The molecule has 5 heterocycles. The van der Waals surface area contributed by atoms with E-state index in [0.29, 0.717) is 18.1 Å². The van der Waals surface area contributed by atoms with Gasteiger partial charge in [0.2, 0.25) is 0 Å². The molecule has 6 rings (SSSR count). The Bertz CT molecular complexity index is 1260. The summed E-state index contributed by atoms with van der Waals surface area (Å²) < 4.78 is 0. The fourth-order valence-corrected chi connectivity index (χ4v) is 5.36. The number of hydrogen-bond donors (Lipinski definition) is 2. The Morgan fingerprint density at radius 3 is 2.47 bits per heavy atom. The van der Waals surface area contributed by atoms with Crippen molar-refractivity contribution >= 4 is 16.7 Å². The molecule has 2 bridgehead atoms. The predicted octanol–water partition coefficient (Wildman–Crippen LogP) is 2.84. The molecule has 0 radical (unpaired) electrons. The molecule has 2 fully saturated rings. The molecule has 0 spiro atoms. The molecule has 2 atom stereocenters. The molecular formula is C23H27N9. The second-order valence-corrected chi connectivity index (χ2v) is 9.10. The lowest BCUT2D eigenvalue weighted by Crippen LogP contribution is -2.47. The highest BCUT2D eigenvalue weighted by Gasteiger charge is 2.35. The lowest BCUT2D eigenvalue weighted by Gasteiger charge is -2.36. The largest absolute Gasteiger partial charge is 0.355 e. The van der Waals surface area contributed by atoms with Crippen molar-refractivity contribution < 1.29 is 0 Å². The van der Waals surface area contributed by atoms with Crippen LogP contribution >= 0.6 is 0 Å². The van der Waals surface area contributed by atoms with E-state index in [-0.39, 0.29) is 0 Å². The number of aromatic amines is 1. The minimum absolute atomic E-state index is 0.515. The summed E-state index contributed by atoms with van der Waals surface area (Å²) in [5, 5.41) is 30.3. The molecule has 2 aliphatic heterocycles. The van der Waals surface area contributed by atoms with Crippen molar-refractivity contribution in [2.24, 2.45) is 7.05 Å². The van der Waals surface area contributed by atoms with Crippen molar-refractivity contribution in [2.75, 3.05) is 11.9 Å². The van der Waals surface area contributed by atoms with Gasteiger partial charge in [0.1, 0.15) is 11.2 Å². The van der Waals surface area contributed by atoms with E-state index in [4.69, 9.17) is 0 Å². The topological polar surface area (TPSA) is 100 Å². The second-order valence-electron chi connectivity index (χ2n) is 9.10. The zero-order valence-corrected chi connectivity index (χ0v) is 18.6. The molecule has 0 amide bonds. The molecule has 2 aliphatic rings. The number of aromatic nitrogens is 7. The SMILES string of the molecule is Cc1[nH]nc2c(-c3ccc(N(C)C4CC5CCC(C4)N5)nn3)ccc(-c3cnn(C)n3)c12. The van der Waals surface area contributed by atoms with Crippen LogP contribution in [0.1, 0.15) is 31.4 Å². The smallest absolute Gasteiger partial charge is 0.151 e. The highest BCUT2D eigenvalue weighted by Crippen LogP contribution is 2.35. The Hall–Kier alpha value is -3.33. The van der Waals surface area contributed by atoms with Crippen LogP contribution in [0, 0.1) is 6.92 Å². The number of anilines is 1. The molecule has 0 saturated carbocycles. The van der Waals surface area contributed by atoms with Crippen molar-refractivity contribution in [1.29, 1.82) is 0 Å². The average molecular weight is 430 g/mol. The summed E-state index contributed by atoms with van der Waals surface area (Å²) >= 11 is 0. The minimum atomic E-state index is 0.515. The van der Waals surface area contributed by atoms with Gasteiger partial charge in [-0.15, -0.1) is 10.2 Å². The lowest BCUT2D eigenvalue weighted by atomic mass is 9.98. The van der Waals surface area contributed by atoms with Crippen molar-refractivity contribution in [3.63, 3.8) is 0 Å². The maximum absolute atomic E-state index is 4.59. The van der Waals surface area contributed by atoms with E-state index in [1.165, 1.54) is 25.7 Å². The Labute approximate surface area is 186 Å². The molecular weight excluding hydrogens is 402 g/mol. The number of benzene rings is 1. The summed E-state index contributed by atoms with van der Waals surface area (Å²) in [7, 11) is 3.96. The van der Waals surface area contributed by atoms with Crippen molar-refractivity contribution in [3.05, 3.63) is 36.2 Å². The molecule has 0 aliphatic carbocycles. The van der Waals surface area contributed by atoms with Crippen molar-refractivity contribution in [3.8, 4) is 22.5 Å². The van der Waals surface area contributed by atoms with Crippen LogP contribution in [-0.2, 0) is 7.05 Å². The number of nitrogens with one attached hydrogen (secondary N) is 2. The number of aryl methyl sites for hydroxylation is 2. The van der Waals surface area contributed by atoms with Gasteiger partial charge in [-0.1, -0.05) is 6.07 Å². The minimum Gasteiger partial charge on any atom is -0.355 e. The van der Waals surface area contributed by atoms with Gasteiger partial charge in [-0.05, 0) is 50.8 Å². The van der Waals surface area contributed by atoms with Gasteiger partial charge in [0.25, 0.3) is 0 Å². The van der Waals surface area contributed by atoms with Gasteiger partial charge >= 0.3 is 0 Å². The monoisotopic (exact) mass is 429 g/mol. The Morgan fingerprint density at radius 2 is 1.78 bits per heavy atom. The van der Waals surface area contributed by atoms with Crippen LogP contribution in [0.5, 0.6) is 0 Å². The maximum Gasteiger partial charge on any atom is 0.151 e. The van der Waals surface area contributed by atoms with Gasteiger partial charge in [-0.25, -0.2) is 0 Å². The van der Waals surface area contributed by atoms with Crippen LogP contribution in [0.2, 0.25) is 0 Å². The van der Waals surface area contributed by atoms with Crippen LogP contribution in [0.15, 0.2) is 30.5 Å². The number of piperidine rings is 1. The molecule has 2 unspecified atom stereocenters. The number of fused-ring (bicyclic) bond motifs is 3. The van der Waals surface area contributed by atoms with Crippen molar-refractivity contribution in [1.82, 2.24) is 40.7 Å². The molecule has 3 aromatic heterocycles. The first kappa shape index (κ1) is 19.4. The number of hydrogen-bond acceptors (Lipinski definition) is 7. The van der Waals surface area contributed by atoms with Crippen LogP contribution in [0.4, 0.5) is 5.82 Å². The highest BCUT2D eigenvalue weighted by molar-refractivity contribution is 6.03. The van der Waals surface area contributed by atoms with Gasteiger partial charge in [0.05, 0.1) is 11.9 Å². The number of rotatable bonds is 4. The maximum atomic E-state index is 4.59. The van der Waals surface area contributed by atoms with Gasteiger partial charge < -0.3 is 10.2 Å². The predicted molar refractivity (Wildman–Crippen MR) is 123 cm³/mol. The Balaban J connectivity index is 1.32. The molecule has 2 saturated heterocycles. The van der Waals surface area contributed by atoms with E-state index in [2.05, 4.69) is 66.1 Å². The van der Waals surface area contributed by atoms with E-state index in [0.717, 1.165) is 44.9 Å². The van der Waals surface area contributed by atoms with E-state index < -0.39 is 0 Å². The summed E-state index contributed by atoms with van der Waals surface area (Å²) in [6.45, 7) is 2.02. The Morgan fingerprint density at radius 1 is 1.00 bits per heavy atom. The quantitative estimate of drug-likeness (QED) is 0.514. The lowest BCUT2D eigenvalue weighted by molar-refractivity contribution is 0.353. The third-order valence-corrected chi connectivity index (χ3v) is 7.05. The molecule has 32 heavy (non-hydrogen) atoms. The third-order valence-electron chi connectivity index (χ3n) is 7.05. The molecule has 2 N–H and O–H groups in total. The average Bonchev–Trinajstić information content (AvgIpc) is 3.51. The second kappa shape index (κ2) is 7.37. The normalized spacial score (nSPS) is 22.5. The van der Waals surface area contributed by atoms with Crippen LogP contribution in [-0.4, -0.2) is 60.6 Å². The number of H-pyrrole nitrogens is 1. The fraction of sp³-hybridized carbons (Fsp3) is 0.435. The molecule has 164 valence electrons. The van der Waals surface area contributed by atoms with Gasteiger partial charge in [-0.3, -0.25) is 5.10 Å². The first-order valence-electron chi connectivity index (χ1n) is 11.2.